The number of amides is 1. The summed E-state index contributed by atoms with van der Waals surface area (Å²) in [5.74, 6) is -2.37. The van der Waals surface area contributed by atoms with E-state index in [1.54, 1.807) is 0 Å². The van der Waals surface area contributed by atoms with E-state index < -0.39 is 35.9 Å². The average molecular weight is 394 g/mol. The number of carboxylic acid groups (broad SMARTS) is 1. The van der Waals surface area contributed by atoms with Crippen LogP contribution in [0.3, 0.4) is 0 Å². The third-order valence-electron chi connectivity index (χ3n) is 4.14. The monoisotopic (exact) mass is 394 g/mol. The number of nitrogens with one attached hydrogen (secondary N) is 1. The summed E-state index contributed by atoms with van der Waals surface area (Å²) in [7, 11) is 0. The molecule has 0 saturated carbocycles. The number of benzene rings is 1. The second-order valence-corrected chi connectivity index (χ2v) is 5.97. The van der Waals surface area contributed by atoms with Crippen LogP contribution >= 0.6 is 0 Å². The number of rotatable bonds is 6. The predicted octanol–water partition coefficient (Wildman–Crippen LogP) is 2.18. The van der Waals surface area contributed by atoms with Gasteiger partial charge in [-0.3, -0.25) is 9.78 Å². The Morgan fingerprint density at radius 1 is 1.11 bits per heavy atom. The van der Waals surface area contributed by atoms with Gasteiger partial charge in [-0.25, -0.2) is 4.79 Å². The molecule has 0 spiro atoms. The van der Waals surface area contributed by atoms with Gasteiger partial charge >= 0.3 is 17.8 Å². The van der Waals surface area contributed by atoms with Gasteiger partial charge in [0.25, 0.3) is 5.91 Å². The summed E-state index contributed by atoms with van der Waals surface area (Å²) in [6.07, 6.45) is -3.59. The number of alkyl halides is 3. The van der Waals surface area contributed by atoms with Crippen LogP contribution < -0.4 is 5.32 Å². The Morgan fingerprint density at radius 2 is 1.75 bits per heavy atom. The SMILES string of the molecule is O=C(NC(C(=O)O)C(O)c1cccnc1)c1ccc(C2(C(F)(F)F)N=N2)cc1. The fourth-order valence-electron chi connectivity index (χ4n) is 2.54. The molecule has 2 heterocycles. The standard InChI is InChI=1S/C17H13F3N4O4/c18-17(19,20)16(23-24-16)11-5-3-9(4-6-11)14(26)22-12(15(27)28)13(25)10-2-1-7-21-8-10/h1-8,12-13,25H,(H,22,26)(H,27,28). The maximum Gasteiger partial charge on any atom is 0.442 e. The number of nitrogens with zero attached hydrogens (tertiary/aromatic N) is 3. The van der Waals surface area contributed by atoms with Crippen molar-refractivity contribution in [2.24, 2.45) is 10.2 Å². The van der Waals surface area contributed by atoms with Crippen molar-refractivity contribution in [3.63, 3.8) is 0 Å². The van der Waals surface area contributed by atoms with Crippen LogP contribution in [0.1, 0.15) is 27.6 Å². The smallest absolute Gasteiger partial charge is 0.442 e. The molecule has 1 aromatic carbocycles. The van der Waals surface area contributed by atoms with Crippen molar-refractivity contribution in [1.29, 1.82) is 0 Å². The van der Waals surface area contributed by atoms with Crippen molar-refractivity contribution in [1.82, 2.24) is 10.3 Å². The minimum atomic E-state index is -4.70. The molecule has 0 aliphatic carbocycles. The molecule has 2 atom stereocenters. The van der Waals surface area contributed by atoms with E-state index in [1.807, 2.05) is 0 Å². The van der Waals surface area contributed by atoms with Gasteiger partial charge in [-0.2, -0.15) is 13.2 Å². The van der Waals surface area contributed by atoms with E-state index in [0.29, 0.717) is 0 Å². The summed E-state index contributed by atoms with van der Waals surface area (Å²) in [6, 6.07) is 5.50. The topological polar surface area (TPSA) is 124 Å². The molecule has 28 heavy (non-hydrogen) atoms. The number of aromatic nitrogens is 1. The number of halogens is 3. The molecule has 0 bridgehead atoms. The fourth-order valence-corrected chi connectivity index (χ4v) is 2.54. The highest BCUT2D eigenvalue weighted by Crippen LogP contribution is 2.52. The minimum absolute atomic E-state index is 0.0913. The van der Waals surface area contributed by atoms with Crippen LogP contribution in [0.15, 0.2) is 59.0 Å². The maximum absolute atomic E-state index is 13.0. The Labute approximate surface area is 155 Å². The molecule has 1 amide bonds. The summed E-state index contributed by atoms with van der Waals surface area (Å²) in [4.78, 5) is 27.5. The first-order valence-electron chi connectivity index (χ1n) is 7.89. The van der Waals surface area contributed by atoms with Crippen molar-refractivity contribution in [2.45, 2.75) is 24.0 Å². The summed E-state index contributed by atoms with van der Waals surface area (Å²) in [5.41, 5.74) is -2.79. The van der Waals surface area contributed by atoms with E-state index in [1.165, 1.54) is 24.5 Å². The van der Waals surface area contributed by atoms with Crippen molar-refractivity contribution >= 4 is 11.9 Å². The number of pyridine rings is 1. The molecule has 0 saturated heterocycles. The van der Waals surface area contributed by atoms with Crippen LogP contribution in [0.5, 0.6) is 0 Å². The van der Waals surface area contributed by atoms with Gasteiger partial charge in [-0.15, -0.1) is 10.2 Å². The van der Waals surface area contributed by atoms with Gasteiger partial charge in [0.1, 0.15) is 6.10 Å². The van der Waals surface area contributed by atoms with Crippen LogP contribution in [-0.2, 0) is 10.5 Å². The lowest BCUT2D eigenvalue weighted by Crippen LogP contribution is -2.45. The third kappa shape index (κ3) is 3.56. The lowest BCUT2D eigenvalue weighted by molar-refractivity contribution is -0.166. The van der Waals surface area contributed by atoms with E-state index >= 15 is 0 Å². The summed E-state index contributed by atoms with van der Waals surface area (Å²) >= 11 is 0. The molecule has 2 aromatic rings. The first-order valence-corrected chi connectivity index (χ1v) is 7.89. The molecule has 3 N–H and O–H groups in total. The molecule has 1 aliphatic heterocycles. The van der Waals surface area contributed by atoms with E-state index in [2.05, 4.69) is 20.5 Å². The van der Waals surface area contributed by atoms with Crippen LogP contribution in [0.4, 0.5) is 13.2 Å². The van der Waals surface area contributed by atoms with Crippen LogP contribution in [0.2, 0.25) is 0 Å². The molecular weight excluding hydrogens is 381 g/mol. The van der Waals surface area contributed by atoms with Crippen LogP contribution in [-0.4, -0.2) is 39.3 Å². The van der Waals surface area contributed by atoms with E-state index in [-0.39, 0.29) is 16.7 Å². The number of hydrogen-bond acceptors (Lipinski definition) is 6. The zero-order valence-electron chi connectivity index (χ0n) is 14.0. The summed E-state index contributed by atoms with van der Waals surface area (Å²) < 4.78 is 39.0. The molecular formula is C17H13F3N4O4. The molecule has 11 heteroatoms. The van der Waals surface area contributed by atoms with Gasteiger partial charge in [0.05, 0.1) is 0 Å². The largest absolute Gasteiger partial charge is 0.480 e. The van der Waals surface area contributed by atoms with Crippen molar-refractivity contribution in [3.05, 3.63) is 65.5 Å². The quantitative estimate of drug-likeness (QED) is 0.693. The Bertz CT molecular complexity index is 910. The Kier molecular flexibility index (Phi) is 4.86. The minimum Gasteiger partial charge on any atom is -0.480 e. The average Bonchev–Trinajstić information content (AvgIpc) is 3.48. The second-order valence-electron chi connectivity index (χ2n) is 5.97. The number of aliphatic hydroxyl groups excluding tert-OH is 1. The van der Waals surface area contributed by atoms with E-state index in [0.717, 1.165) is 24.3 Å². The summed E-state index contributed by atoms with van der Waals surface area (Å²) in [5, 5.41) is 27.8. The highest BCUT2D eigenvalue weighted by atomic mass is 19.4. The highest BCUT2D eigenvalue weighted by molar-refractivity contribution is 5.96. The first kappa shape index (κ1) is 19.4. The van der Waals surface area contributed by atoms with Crippen molar-refractivity contribution < 1.29 is 33.0 Å². The highest BCUT2D eigenvalue weighted by Gasteiger charge is 2.65. The zero-order valence-corrected chi connectivity index (χ0v) is 14.0. The fraction of sp³-hybridized carbons (Fsp3) is 0.235. The molecule has 0 fully saturated rings. The lowest BCUT2D eigenvalue weighted by Gasteiger charge is -2.20. The third-order valence-corrected chi connectivity index (χ3v) is 4.14. The van der Waals surface area contributed by atoms with Gasteiger partial charge in [0.2, 0.25) is 0 Å². The van der Waals surface area contributed by atoms with Gasteiger partial charge in [-0.05, 0) is 18.2 Å². The molecule has 1 aromatic heterocycles. The maximum atomic E-state index is 13.0. The number of carbonyl (C=O) groups excluding carboxylic acids is 1. The van der Waals surface area contributed by atoms with Crippen molar-refractivity contribution in [3.8, 4) is 0 Å². The van der Waals surface area contributed by atoms with Crippen LogP contribution in [0.25, 0.3) is 0 Å². The second kappa shape index (κ2) is 7.00. The lowest BCUT2D eigenvalue weighted by atomic mass is 10.0. The van der Waals surface area contributed by atoms with Gasteiger partial charge < -0.3 is 15.5 Å². The van der Waals surface area contributed by atoms with Gasteiger partial charge in [0, 0.05) is 29.1 Å². The molecule has 3 rings (SSSR count). The Hall–Kier alpha value is -3.34. The van der Waals surface area contributed by atoms with Gasteiger partial charge in [0.15, 0.2) is 6.04 Å². The van der Waals surface area contributed by atoms with Crippen LogP contribution in [0, 0.1) is 0 Å². The first-order chi connectivity index (χ1) is 13.2. The van der Waals surface area contributed by atoms with E-state index in [4.69, 9.17) is 0 Å². The number of hydrogen-bond donors (Lipinski definition) is 3. The molecule has 0 radical (unpaired) electrons. The Balaban J connectivity index is 1.75. The number of carboxylic acids is 1. The number of aliphatic hydroxyl groups is 1. The summed E-state index contributed by atoms with van der Waals surface area (Å²) in [6.45, 7) is 0. The molecule has 2 unspecified atom stereocenters. The normalized spacial score (nSPS) is 16.9. The van der Waals surface area contributed by atoms with Gasteiger partial charge in [-0.1, -0.05) is 18.2 Å². The molecule has 1 aliphatic rings. The zero-order chi connectivity index (χ0) is 20.5. The number of aliphatic carboxylic acids is 1. The van der Waals surface area contributed by atoms with E-state index in [9.17, 15) is 33.0 Å². The predicted molar refractivity (Wildman–Crippen MR) is 87.1 cm³/mol. The molecule has 8 nitrogen and oxygen atoms in total. The Morgan fingerprint density at radius 3 is 2.21 bits per heavy atom. The van der Waals surface area contributed by atoms with Crippen molar-refractivity contribution in [2.75, 3.05) is 0 Å². The molecule has 146 valence electrons. The number of carbonyl (C=O) groups is 2.